The van der Waals surface area contributed by atoms with Gasteiger partial charge in [-0.05, 0) is 39.3 Å². The van der Waals surface area contributed by atoms with Gasteiger partial charge in [-0.2, -0.15) is 0 Å². The number of aromatic hydroxyl groups is 1. The van der Waals surface area contributed by atoms with Gasteiger partial charge < -0.3 is 24.3 Å². The number of benzene rings is 2. The molecular weight excluding hydrogens is 426 g/mol. The highest BCUT2D eigenvalue weighted by Gasteiger charge is 2.25. The van der Waals surface area contributed by atoms with E-state index in [9.17, 15) is 19.5 Å². The molecule has 8 nitrogen and oxygen atoms in total. The number of hydrogen-bond donors (Lipinski definition) is 2. The van der Waals surface area contributed by atoms with Gasteiger partial charge in [0.2, 0.25) is 5.43 Å². The van der Waals surface area contributed by atoms with Crippen LogP contribution >= 0.6 is 11.6 Å². The number of alkyl carbamates (subject to hydrolysis) is 1. The molecule has 1 unspecified atom stereocenters. The molecule has 1 atom stereocenters. The first kappa shape index (κ1) is 22.4. The molecule has 0 spiro atoms. The molecule has 164 valence electrons. The van der Waals surface area contributed by atoms with Crippen LogP contribution < -0.4 is 15.5 Å². The quantitative estimate of drug-likeness (QED) is 0.343. The molecule has 2 N–H and O–H groups in total. The van der Waals surface area contributed by atoms with E-state index >= 15 is 0 Å². The van der Waals surface area contributed by atoms with Crippen LogP contribution in [0.5, 0.6) is 11.5 Å². The molecule has 1 aromatic heterocycles. The summed E-state index contributed by atoms with van der Waals surface area (Å²) in [6.45, 7) is 6.80. The standard InChI is InChI=1S/C22H22ClNO7/c1-5-14(24-21(28)31-22(2,3)4)20(27)29-12-9-15(25)18-17(10-12)30-16-8-11(23)6-7-13(16)19(18)26/h6-10,14,25H,5H2,1-4H3,(H,24,28). The van der Waals surface area contributed by atoms with E-state index < -0.39 is 34.9 Å². The van der Waals surface area contributed by atoms with Gasteiger partial charge in [-0.3, -0.25) is 4.79 Å². The Balaban J connectivity index is 1.90. The fraction of sp³-hybridized carbons (Fsp3) is 0.318. The molecule has 0 saturated carbocycles. The van der Waals surface area contributed by atoms with Crippen LogP contribution in [0.25, 0.3) is 21.9 Å². The Labute approximate surface area is 182 Å². The van der Waals surface area contributed by atoms with E-state index in [4.69, 9.17) is 25.5 Å². The highest BCUT2D eigenvalue weighted by atomic mass is 35.5. The summed E-state index contributed by atoms with van der Waals surface area (Å²) >= 11 is 5.96. The maximum atomic E-state index is 12.7. The molecule has 0 fully saturated rings. The summed E-state index contributed by atoms with van der Waals surface area (Å²) in [6.07, 6.45) is -0.512. The first-order chi connectivity index (χ1) is 14.5. The van der Waals surface area contributed by atoms with Crippen molar-refractivity contribution in [3.8, 4) is 11.5 Å². The Morgan fingerprint density at radius 3 is 2.55 bits per heavy atom. The van der Waals surface area contributed by atoms with Gasteiger partial charge >= 0.3 is 12.1 Å². The van der Waals surface area contributed by atoms with Crippen LogP contribution in [0.3, 0.4) is 0 Å². The number of esters is 1. The Bertz CT molecular complexity index is 1230. The van der Waals surface area contributed by atoms with Crippen LogP contribution in [0.4, 0.5) is 4.79 Å². The van der Waals surface area contributed by atoms with E-state index in [0.29, 0.717) is 5.02 Å². The van der Waals surface area contributed by atoms with Crippen molar-refractivity contribution in [3.05, 3.63) is 45.6 Å². The van der Waals surface area contributed by atoms with Gasteiger partial charge in [0.1, 0.15) is 39.7 Å². The maximum absolute atomic E-state index is 12.7. The molecular formula is C22H22ClNO7. The number of phenolic OH excluding ortho intramolecular Hbond substituents is 1. The molecule has 3 rings (SSSR count). The Morgan fingerprint density at radius 1 is 1.19 bits per heavy atom. The minimum Gasteiger partial charge on any atom is -0.507 e. The molecule has 1 heterocycles. The van der Waals surface area contributed by atoms with Gasteiger partial charge in [-0.15, -0.1) is 0 Å². The van der Waals surface area contributed by atoms with Crippen molar-refractivity contribution < 1.29 is 28.6 Å². The average molecular weight is 448 g/mol. The van der Waals surface area contributed by atoms with Gasteiger partial charge in [0, 0.05) is 23.2 Å². The van der Waals surface area contributed by atoms with Crippen molar-refractivity contribution in [1.82, 2.24) is 5.32 Å². The largest absolute Gasteiger partial charge is 0.507 e. The van der Waals surface area contributed by atoms with Gasteiger partial charge in [0.05, 0.1) is 5.39 Å². The lowest BCUT2D eigenvalue weighted by atomic mass is 10.1. The molecule has 3 aromatic rings. The van der Waals surface area contributed by atoms with Crippen LogP contribution in [0.15, 0.2) is 39.5 Å². The van der Waals surface area contributed by atoms with E-state index in [1.807, 2.05) is 0 Å². The van der Waals surface area contributed by atoms with E-state index in [0.717, 1.165) is 6.07 Å². The highest BCUT2D eigenvalue weighted by Crippen LogP contribution is 2.31. The van der Waals surface area contributed by atoms with Crippen molar-refractivity contribution in [2.24, 2.45) is 0 Å². The van der Waals surface area contributed by atoms with Crippen molar-refractivity contribution in [3.63, 3.8) is 0 Å². The Hall–Kier alpha value is -3.26. The third kappa shape index (κ3) is 5.08. The molecule has 9 heteroatoms. The first-order valence-corrected chi connectivity index (χ1v) is 9.96. The fourth-order valence-corrected chi connectivity index (χ4v) is 3.09. The minimum atomic E-state index is -0.977. The molecule has 0 aliphatic rings. The Kier molecular flexibility index (Phi) is 6.13. The van der Waals surface area contributed by atoms with Gasteiger partial charge in [-0.25, -0.2) is 9.59 Å². The molecule has 0 radical (unpaired) electrons. The lowest BCUT2D eigenvalue weighted by Gasteiger charge is -2.22. The molecule has 0 bridgehead atoms. The van der Waals surface area contributed by atoms with Crippen LogP contribution in [0.2, 0.25) is 5.02 Å². The van der Waals surface area contributed by atoms with E-state index in [1.165, 1.54) is 18.2 Å². The van der Waals surface area contributed by atoms with Crippen LogP contribution in [0.1, 0.15) is 34.1 Å². The SMILES string of the molecule is CCC(NC(=O)OC(C)(C)C)C(=O)Oc1cc(O)c2c(=O)c3ccc(Cl)cc3oc2c1. The first-order valence-electron chi connectivity index (χ1n) is 9.59. The van der Waals surface area contributed by atoms with Gasteiger partial charge in [-0.1, -0.05) is 18.5 Å². The number of phenols is 1. The summed E-state index contributed by atoms with van der Waals surface area (Å²) in [4.78, 5) is 37.2. The second-order valence-corrected chi connectivity index (χ2v) is 8.35. The number of ether oxygens (including phenoxy) is 2. The molecule has 0 saturated heterocycles. The maximum Gasteiger partial charge on any atom is 0.408 e. The zero-order chi connectivity index (χ0) is 22.9. The number of fused-ring (bicyclic) bond motifs is 2. The van der Waals surface area contributed by atoms with Gasteiger partial charge in [0.25, 0.3) is 0 Å². The highest BCUT2D eigenvalue weighted by molar-refractivity contribution is 6.31. The van der Waals surface area contributed by atoms with Crippen molar-refractivity contribution >= 4 is 45.6 Å². The molecule has 0 aliphatic carbocycles. The van der Waals surface area contributed by atoms with Crippen LogP contribution in [0, 0.1) is 0 Å². The topological polar surface area (TPSA) is 115 Å². The fourth-order valence-electron chi connectivity index (χ4n) is 2.93. The molecule has 0 aliphatic heterocycles. The third-order valence-electron chi connectivity index (χ3n) is 4.29. The summed E-state index contributed by atoms with van der Waals surface area (Å²) in [7, 11) is 0. The summed E-state index contributed by atoms with van der Waals surface area (Å²) < 4.78 is 16.1. The number of halogens is 1. The van der Waals surface area contributed by atoms with Crippen LogP contribution in [-0.2, 0) is 9.53 Å². The van der Waals surface area contributed by atoms with E-state index in [1.54, 1.807) is 33.8 Å². The lowest BCUT2D eigenvalue weighted by molar-refractivity contribution is -0.136. The second kappa shape index (κ2) is 8.47. The number of rotatable bonds is 4. The lowest BCUT2D eigenvalue weighted by Crippen LogP contribution is -2.44. The number of amides is 1. The smallest absolute Gasteiger partial charge is 0.408 e. The normalized spacial score (nSPS) is 12.5. The molecule has 2 aromatic carbocycles. The molecule has 1 amide bonds. The minimum absolute atomic E-state index is 0.0238. The summed E-state index contributed by atoms with van der Waals surface area (Å²) in [5, 5.41) is 13.4. The van der Waals surface area contributed by atoms with Crippen molar-refractivity contribution in [2.45, 2.75) is 45.8 Å². The second-order valence-electron chi connectivity index (χ2n) is 7.92. The summed E-state index contributed by atoms with van der Waals surface area (Å²) in [5.74, 6) is -1.22. The van der Waals surface area contributed by atoms with E-state index in [2.05, 4.69) is 5.32 Å². The predicted molar refractivity (Wildman–Crippen MR) is 116 cm³/mol. The van der Waals surface area contributed by atoms with E-state index in [-0.39, 0.29) is 34.1 Å². The monoisotopic (exact) mass is 447 g/mol. The zero-order valence-corrected chi connectivity index (χ0v) is 18.2. The zero-order valence-electron chi connectivity index (χ0n) is 17.4. The summed E-state index contributed by atoms with van der Waals surface area (Å²) in [6, 6.07) is 6.00. The predicted octanol–water partition coefficient (Wildman–Crippen LogP) is 4.51. The number of carbonyl (C=O) groups is 2. The Morgan fingerprint density at radius 2 is 1.90 bits per heavy atom. The average Bonchev–Trinajstić information content (AvgIpc) is 2.63. The molecule has 31 heavy (non-hydrogen) atoms. The van der Waals surface area contributed by atoms with Crippen LogP contribution in [-0.4, -0.2) is 28.8 Å². The number of carbonyl (C=O) groups excluding carboxylic acids is 2. The van der Waals surface area contributed by atoms with Crippen molar-refractivity contribution in [1.29, 1.82) is 0 Å². The summed E-state index contributed by atoms with van der Waals surface area (Å²) in [5.41, 5.74) is -0.914. The third-order valence-corrected chi connectivity index (χ3v) is 4.53. The number of nitrogens with one attached hydrogen (secondary N) is 1. The van der Waals surface area contributed by atoms with Gasteiger partial charge in [0.15, 0.2) is 0 Å². The van der Waals surface area contributed by atoms with Crippen molar-refractivity contribution in [2.75, 3.05) is 0 Å². The number of hydrogen-bond acceptors (Lipinski definition) is 7.